The second-order valence-electron chi connectivity index (χ2n) is 5.39. The molecule has 0 saturated carbocycles. The molecule has 1 aliphatic rings. The molecular formula is C19H18O6. The summed E-state index contributed by atoms with van der Waals surface area (Å²) in [6.07, 6.45) is 1.73. The van der Waals surface area contributed by atoms with Crippen molar-refractivity contribution in [1.29, 1.82) is 0 Å². The number of hydrogen-bond donors (Lipinski definition) is 1. The largest absolute Gasteiger partial charge is 0.502 e. The number of phenolic OH excluding ortho intramolecular Hbond substituents is 1. The van der Waals surface area contributed by atoms with E-state index in [0.29, 0.717) is 22.6 Å². The van der Waals surface area contributed by atoms with Crippen LogP contribution in [0.4, 0.5) is 0 Å². The van der Waals surface area contributed by atoms with E-state index in [1.165, 1.54) is 13.2 Å². The lowest BCUT2D eigenvalue weighted by atomic mass is 9.97. The molecule has 0 amide bonds. The van der Waals surface area contributed by atoms with Crippen LogP contribution < -0.4 is 18.9 Å². The second kappa shape index (κ2) is 6.76. The molecule has 130 valence electrons. The lowest BCUT2D eigenvalue weighted by Gasteiger charge is -2.20. The van der Waals surface area contributed by atoms with Gasteiger partial charge in [0.2, 0.25) is 5.75 Å². The zero-order chi connectivity index (χ0) is 18.0. The van der Waals surface area contributed by atoms with Gasteiger partial charge >= 0.3 is 0 Å². The van der Waals surface area contributed by atoms with Gasteiger partial charge in [-0.25, -0.2) is 0 Å². The summed E-state index contributed by atoms with van der Waals surface area (Å²) in [6, 6.07) is 8.49. The van der Waals surface area contributed by atoms with Gasteiger partial charge in [-0.2, -0.15) is 0 Å². The maximum atomic E-state index is 12.7. The van der Waals surface area contributed by atoms with Crippen molar-refractivity contribution in [3.63, 3.8) is 0 Å². The number of benzene rings is 2. The minimum absolute atomic E-state index is 0.0565. The molecule has 2 aromatic rings. The van der Waals surface area contributed by atoms with Crippen molar-refractivity contribution in [1.82, 2.24) is 0 Å². The Morgan fingerprint density at radius 1 is 1.00 bits per heavy atom. The fourth-order valence-electron chi connectivity index (χ4n) is 2.68. The van der Waals surface area contributed by atoms with Crippen LogP contribution >= 0.6 is 0 Å². The van der Waals surface area contributed by atoms with E-state index in [9.17, 15) is 9.90 Å². The molecule has 1 aliphatic heterocycles. The molecule has 1 heterocycles. The number of ether oxygens (including phenoxy) is 4. The molecule has 6 heteroatoms. The molecule has 0 aromatic heterocycles. The van der Waals surface area contributed by atoms with Gasteiger partial charge in [0.05, 0.1) is 26.9 Å². The maximum absolute atomic E-state index is 12.7. The third kappa shape index (κ3) is 2.98. The van der Waals surface area contributed by atoms with Gasteiger partial charge in [-0.1, -0.05) is 6.07 Å². The highest BCUT2D eigenvalue weighted by atomic mass is 16.5. The fourth-order valence-corrected chi connectivity index (χ4v) is 2.68. The van der Waals surface area contributed by atoms with E-state index < -0.39 is 0 Å². The van der Waals surface area contributed by atoms with Crippen LogP contribution in [0, 0.1) is 0 Å². The highest BCUT2D eigenvalue weighted by Crippen LogP contribution is 2.42. The molecule has 0 fully saturated rings. The molecule has 0 atom stereocenters. The second-order valence-corrected chi connectivity index (χ2v) is 5.39. The average molecular weight is 342 g/mol. The molecule has 2 aromatic carbocycles. The minimum Gasteiger partial charge on any atom is -0.502 e. The van der Waals surface area contributed by atoms with Gasteiger partial charge in [-0.3, -0.25) is 4.79 Å². The van der Waals surface area contributed by atoms with E-state index in [-0.39, 0.29) is 29.6 Å². The molecule has 6 nitrogen and oxygen atoms in total. The Kier molecular flexibility index (Phi) is 4.52. The van der Waals surface area contributed by atoms with Gasteiger partial charge in [0.15, 0.2) is 28.8 Å². The van der Waals surface area contributed by atoms with Crippen molar-refractivity contribution < 1.29 is 28.8 Å². The van der Waals surface area contributed by atoms with Crippen molar-refractivity contribution in [3.8, 4) is 28.7 Å². The Bertz CT molecular complexity index is 853. The monoisotopic (exact) mass is 342 g/mol. The molecule has 0 radical (unpaired) electrons. The van der Waals surface area contributed by atoms with Crippen molar-refractivity contribution in [2.24, 2.45) is 0 Å². The Hall–Kier alpha value is -3.15. The van der Waals surface area contributed by atoms with Gasteiger partial charge in [-0.15, -0.1) is 0 Å². The van der Waals surface area contributed by atoms with Crippen LogP contribution in [0.5, 0.6) is 28.7 Å². The SMILES string of the molecule is COc1ccc(/C=C2/COc3c(ccc(OC)c3O)C2=O)cc1OC. The molecule has 25 heavy (non-hydrogen) atoms. The van der Waals surface area contributed by atoms with Crippen LogP contribution in [-0.2, 0) is 0 Å². The number of phenols is 1. The molecule has 0 spiro atoms. The predicted molar refractivity (Wildman–Crippen MR) is 92.0 cm³/mol. The van der Waals surface area contributed by atoms with Crippen LogP contribution in [-0.4, -0.2) is 38.8 Å². The zero-order valence-corrected chi connectivity index (χ0v) is 14.2. The first-order valence-corrected chi connectivity index (χ1v) is 7.59. The molecular weight excluding hydrogens is 324 g/mol. The summed E-state index contributed by atoms with van der Waals surface area (Å²) in [5.41, 5.74) is 1.56. The number of carbonyl (C=O) groups excluding carboxylic acids is 1. The highest BCUT2D eigenvalue weighted by Gasteiger charge is 2.27. The van der Waals surface area contributed by atoms with Crippen LogP contribution in [0.3, 0.4) is 0 Å². The van der Waals surface area contributed by atoms with Gasteiger partial charge in [0, 0.05) is 5.57 Å². The van der Waals surface area contributed by atoms with E-state index in [1.807, 2.05) is 6.07 Å². The zero-order valence-electron chi connectivity index (χ0n) is 14.2. The summed E-state index contributed by atoms with van der Waals surface area (Å²) in [6.45, 7) is 0.0565. The summed E-state index contributed by atoms with van der Waals surface area (Å²) in [7, 11) is 4.55. The topological polar surface area (TPSA) is 74.2 Å². The number of methoxy groups -OCH3 is 3. The van der Waals surface area contributed by atoms with Gasteiger partial charge < -0.3 is 24.1 Å². The minimum atomic E-state index is -0.200. The van der Waals surface area contributed by atoms with Gasteiger partial charge in [0.1, 0.15) is 6.61 Å². The van der Waals surface area contributed by atoms with Crippen LogP contribution in [0.1, 0.15) is 15.9 Å². The first kappa shape index (κ1) is 16.7. The number of hydrogen-bond acceptors (Lipinski definition) is 6. The van der Waals surface area contributed by atoms with Gasteiger partial charge in [0.25, 0.3) is 0 Å². The summed E-state index contributed by atoms with van der Waals surface area (Å²) < 4.78 is 21.1. The smallest absolute Gasteiger partial charge is 0.201 e. The first-order valence-electron chi connectivity index (χ1n) is 7.59. The van der Waals surface area contributed by atoms with Crippen LogP contribution in [0.15, 0.2) is 35.9 Å². The summed E-state index contributed by atoms with van der Waals surface area (Å²) in [5.74, 6) is 1.22. The molecule has 3 rings (SSSR count). The third-order valence-corrected chi connectivity index (χ3v) is 3.97. The quantitative estimate of drug-likeness (QED) is 0.861. The van der Waals surface area contributed by atoms with E-state index in [0.717, 1.165) is 5.56 Å². The predicted octanol–water partition coefficient (Wildman–Crippen LogP) is 3.08. The standard InChI is InChI=1S/C19H18O6/c1-22-14-6-4-11(9-16(14)24-3)8-12-10-25-19-13(17(12)20)5-7-15(23-2)18(19)21/h4-9,21H,10H2,1-3H3/b12-8-. The number of fused-ring (bicyclic) bond motifs is 1. The van der Waals surface area contributed by atoms with E-state index in [1.54, 1.807) is 38.5 Å². The number of rotatable bonds is 4. The van der Waals surface area contributed by atoms with E-state index in [2.05, 4.69) is 0 Å². The Labute approximate surface area is 145 Å². The fraction of sp³-hybridized carbons (Fsp3) is 0.211. The van der Waals surface area contributed by atoms with Crippen LogP contribution in [0.2, 0.25) is 0 Å². The molecule has 1 N–H and O–H groups in total. The van der Waals surface area contributed by atoms with E-state index >= 15 is 0 Å². The van der Waals surface area contributed by atoms with Crippen molar-refractivity contribution in [3.05, 3.63) is 47.0 Å². The molecule has 0 aliphatic carbocycles. The Balaban J connectivity index is 1.97. The first-order chi connectivity index (χ1) is 12.1. The lowest BCUT2D eigenvalue weighted by Crippen LogP contribution is -2.19. The highest BCUT2D eigenvalue weighted by molar-refractivity contribution is 6.14. The van der Waals surface area contributed by atoms with Crippen molar-refractivity contribution in [2.75, 3.05) is 27.9 Å². The maximum Gasteiger partial charge on any atom is 0.201 e. The summed E-state index contributed by atoms with van der Waals surface area (Å²) >= 11 is 0. The Morgan fingerprint density at radius 3 is 2.36 bits per heavy atom. The number of aromatic hydroxyl groups is 1. The number of carbonyl (C=O) groups is 1. The van der Waals surface area contributed by atoms with Gasteiger partial charge in [-0.05, 0) is 35.9 Å². The normalized spacial score (nSPS) is 14.7. The summed E-state index contributed by atoms with van der Waals surface area (Å²) in [5, 5.41) is 10.1. The van der Waals surface area contributed by atoms with E-state index in [4.69, 9.17) is 18.9 Å². The molecule has 0 unspecified atom stereocenters. The van der Waals surface area contributed by atoms with Crippen LogP contribution in [0.25, 0.3) is 6.08 Å². The average Bonchev–Trinajstić information content (AvgIpc) is 2.64. The Morgan fingerprint density at radius 2 is 1.68 bits per heavy atom. The molecule has 0 bridgehead atoms. The summed E-state index contributed by atoms with van der Waals surface area (Å²) in [4.78, 5) is 12.7. The lowest BCUT2D eigenvalue weighted by molar-refractivity contribution is 0.0998. The third-order valence-electron chi connectivity index (χ3n) is 3.97. The number of Topliss-reactive ketones (excluding diaryl/α,β-unsaturated/α-hetero) is 1. The number of ketones is 1. The van der Waals surface area contributed by atoms with Crippen molar-refractivity contribution >= 4 is 11.9 Å². The molecule has 0 saturated heterocycles. The van der Waals surface area contributed by atoms with Crippen molar-refractivity contribution in [2.45, 2.75) is 0 Å².